The minimum Gasteiger partial charge on any atom is -0.457 e. The van der Waals surface area contributed by atoms with Crippen molar-refractivity contribution < 1.29 is 4.42 Å². The van der Waals surface area contributed by atoms with E-state index in [1.807, 2.05) is 30.3 Å². The van der Waals surface area contributed by atoms with Crippen LogP contribution in [0.25, 0.3) is 17.0 Å². The van der Waals surface area contributed by atoms with E-state index in [9.17, 15) is 0 Å². The quantitative estimate of drug-likeness (QED) is 0.598. The minimum atomic E-state index is 0.714. The first-order chi connectivity index (χ1) is 5.40. The number of hydrogen-bond acceptors (Lipinski definition) is 1. The number of para-hydroxylation sites is 1. The molecule has 0 N–H and O–H groups in total. The van der Waals surface area contributed by atoms with Gasteiger partial charge in [0, 0.05) is 5.39 Å². The molecule has 0 aliphatic rings. The summed E-state index contributed by atoms with van der Waals surface area (Å²) in [4.78, 5) is 0. The Morgan fingerprint density at radius 1 is 1.27 bits per heavy atom. The van der Waals surface area contributed by atoms with Gasteiger partial charge < -0.3 is 4.42 Å². The van der Waals surface area contributed by atoms with Gasteiger partial charge in [-0.2, -0.15) is 0 Å². The fourth-order valence-corrected chi connectivity index (χ4v) is 1.08. The summed E-state index contributed by atoms with van der Waals surface area (Å²) < 4.78 is 5.34. The van der Waals surface area contributed by atoms with Crippen molar-refractivity contribution in [2.75, 3.05) is 0 Å². The van der Waals surface area contributed by atoms with Gasteiger partial charge in [-0.1, -0.05) is 24.8 Å². The summed E-state index contributed by atoms with van der Waals surface area (Å²) in [5, 5.41) is 1.09. The van der Waals surface area contributed by atoms with Crippen molar-refractivity contribution in [1.82, 2.24) is 0 Å². The van der Waals surface area contributed by atoms with Crippen LogP contribution in [0.15, 0.2) is 34.7 Å². The molecular formula is C10H7O. The third-order valence-electron chi connectivity index (χ3n) is 1.61. The molecule has 0 aliphatic carbocycles. The summed E-state index contributed by atoms with van der Waals surface area (Å²) in [6.45, 7) is 5.29. The van der Waals surface area contributed by atoms with Crippen molar-refractivity contribution in [3.8, 4) is 0 Å². The number of fused-ring (bicyclic) bond motifs is 1. The molecule has 0 bridgehead atoms. The first-order valence-electron chi connectivity index (χ1n) is 3.43. The van der Waals surface area contributed by atoms with E-state index >= 15 is 0 Å². The SMILES string of the molecule is [CH]=Cc1cc2ccccc2o1. The summed E-state index contributed by atoms with van der Waals surface area (Å²) in [6, 6.07) is 9.73. The maximum Gasteiger partial charge on any atom is 0.134 e. The van der Waals surface area contributed by atoms with Crippen LogP contribution in [0.5, 0.6) is 0 Å². The van der Waals surface area contributed by atoms with E-state index in [4.69, 9.17) is 11.0 Å². The lowest BCUT2D eigenvalue weighted by molar-refractivity contribution is 0.604. The van der Waals surface area contributed by atoms with Crippen LogP contribution in [0, 0.1) is 6.58 Å². The lowest BCUT2D eigenvalue weighted by atomic mass is 10.2. The Kier molecular flexibility index (Phi) is 1.29. The molecule has 1 nitrogen and oxygen atoms in total. The molecule has 0 unspecified atom stereocenters. The molecule has 11 heavy (non-hydrogen) atoms. The first-order valence-corrected chi connectivity index (χ1v) is 3.43. The molecule has 0 saturated heterocycles. The Morgan fingerprint density at radius 3 is 2.82 bits per heavy atom. The van der Waals surface area contributed by atoms with Crippen LogP contribution in [-0.4, -0.2) is 0 Å². The molecule has 53 valence electrons. The van der Waals surface area contributed by atoms with Crippen molar-refractivity contribution in [3.05, 3.63) is 42.7 Å². The zero-order chi connectivity index (χ0) is 7.68. The highest BCUT2D eigenvalue weighted by atomic mass is 16.3. The van der Waals surface area contributed by atoms with Crippen LogP contribution >= 0.6 is 0 Å². The topological polar surface area (TPSA) is 13.1 Å². The molecule has 0 spiro atoms. The van der Waals surface area contributed by atoms with E-state index < -0.39 is 0 Å². The molecule has 0 amide bonds. The van der Waals surface area contributed by atoms with Crippen LogP contribution < -0.4 is 0 Å². The fourth-order valence-electron chi connectivity index (χ4n) is 1.08. The van der Waals surface area contributed by atoms with Gasteiger partial charge in [0.1, 0.15) is 11.3 Å². The molecule has 2 aromatic rings. The van der Waals surface area contributed by atoms with E-state index in [0.717, 1.165) is 11.0 Å². The number of hydrogen-bond donors (Lipinski definition) is 0. The molecule has 1 aromatic carbocycles. The lowest BCUT2D eigenvalue weighted by Gasteiger charge is -1.82. The second-order valence-electron chi connectivity index (χ2n) is 2.35. The van der Waals surface area contributed by atoms with Crippen LogP contribution in [-0.2, 0) is 0 Å². The number of rotatable bonds is 1. The van der Waals surface area contributed by atoms with Gasteiger partial charge in [-0.3, -0.25) is 0 Å². The van der Waals surface area contributed by atoms with E-state index in [-0.39, 0.29) is 0 Å². The number of furan rings is 1. The maximum absolute atomic E-state index is 5.34. The molecule has 0 saturated carbocycles. The largest absolute Gasteiger partial charge is 0.457 e. The smallest absolute Gasteiger partial charge is 0.134 e. The molecule has 0 fully saturated rings. The van der Waals surface area contributed by atoms with Gasteiger partial charge in [0.05, 0.1) is 0 Å². The summed E-state index contributed by atoms with van der Waals surface area (Å²) in [5.74, 6) is 0.714. The second-order valence-corrected chi connectivity index (χ2v) is 2.35. The van der Waals surface area contributed by atoms with Crippen LogP contribution in [0.1, 0.15) is 5.76 Å². The molecular weight excluding hydrogens is 136 g/mol. The van der Waals surface area contributed by atoms with Gasteiger partial charge >= 0.3 is 0 Å². The molecule has 1 aromatic heterocycles. The minimum absolute atomic E-state index is 0.714. The molecule has 0 atom stereocenters. The zero-order valence-corrected chi connectivity index (χ0v) is 5.95. The Hall–Kier alpha value is -1.50. The monoisotopic (exact) mass is 143 g/mol. The van der Waals surface area contributed by atoms with Crippen molar-refractivity contribution >= 4 is 17.0 Å². The highest BCUT2D eigenvalue weighted by Gasteiger charge is 1.97. The van der Waals surface area contributed by atoms with E-state index in [1.165, 1.54) is 6.08 Å². The van der Waals surface area contributed by atoms with Crippen LogP contribution in [0.3, 0.4) is 0 Å². The first kappa shape index (κ1) is 6.23. The summed E-state index contributed by atoms with van der Waals surface area (Å²) in [5.41, 5.74) is 0.879. The van der Waals surface area contributed by atoms with E-state index in [1.54, 1.807) is 0 Å². The predicted octanol–water partition coefficient (Wildman–Crippen LogP) is 2.88. The van der Waals surface area contributed by atoms with Gasteiger partial charge in [-0.05, 0) is 18.2 Å². The Morgan fingerprint density at radius 2 is 2.09 bits per heavy atom. The summed E-state index contributed by atoms with van der Waals surface area (Å²) in [6.07, 6.45) is 1.46. The molecule has 0 aliphatic heterocycles. The van der Waals surface area contributed by atoms with Gasteiger partial charge in [0.2, 0.25) is 0 Å². The van der Waals surface area contributed by atoms with Crippen molar-refractivity contribution in [3.63, 3.8) is 0 Å². The Balaban J connectivity index is 2.78. The number of benzene rings is 1. The molecule has 1 heteroatoms. The van der Waals surface area contributed by atoms with Gasteiger partial charge in [0.25, 0.3) is 0 Å². The van der Waals surface area contributed by atoms with Gasteiger partial charge in [-0.25, -0.2) is 0 Å². The summed E-state index contributed by atoms with van der Waals surface area (Å²) >= 11 is 0. The molecule has 1 heterocycles. The van der Waals surface area contributed by atoms with Crippen LogP contribution in [0.4, 0.5) is 0 Å². The average Bonchev–Trinajstić information content (AvgIpc) is 2.46. The third-order valence-corrected chi connectivity index (χ3v) is 1.61. The van der Waals surface area contributed by atoms with E-state index in [2.05, 4.69) is 0 Å². The summed E-state index contributed by atoms with van der Waals surface area (Å²) in [7, 11) is 0. The Bertz CT molecular complexity index is 351. The standard InChI is InChI=1S/C10H7O/c1-2-9-7-8-5-3-4-6-10(8)11-9/h1-7H. The highest BCUT2D eigenvalue weighted by molar-refractivity contribution is 5.79. The average molecular weight is 143 g/mol. The Labute approximate surface area is 64.9 Å². The van der Waals surface area contributed by atoms with Gasteiger partial charge in [0.15, 0.2) is 0 Å². The second kappa shape index (κ2) is 2.27. The molecule has 1 radical (unpaired) electrons. The highest BCUT2D eigenvalue weighted by Crippen LogP contribution is 2.18. The van der Waals surface area contributed by atoms with Crippen molar-refractivity contribution in [2.24, 2.45) is 0 Å². The normalized spacial score (nSPS) is 10.2. The zero-order valence-electron chi connectivity index (χ0n) is 5.95. The maximum atomic E-state index is 5.34. The van der Waals surface area contributed by atoms with Crippen molar-refractivity contribution in [1.29, 1.82) is 0 Å². The molecule has 2 rings (SSSR count). The fraction of sp³-hybridized carbons (Fsp3) is 0. The third kappa shape index (κ3) is 0.944. The van der Waals surface area contributed by atoms with E-state index in [0.29, 0.717) is 5.76 Å². The van der Waals surface area contributed by atoms with Gasteiger partial charge in [-0.15, -0.1) is 0 Å². The lowest BCUT2D eigenvalue weighted by Crippen LogP contribution is -1.57. The predicted molar refractivity (Wildman–Crippen MR) is 45.0 cm³/mol. The van der Waals surface area contributed by atoms with Crippen LogP contribution in [0.2, 0.25) is 0 Å². The van der Waals surface area contributed by atoms with Crippen molar-refractivity contribution in [2.45, 2.75) is 0 Å².